The standard InChI is InChI=1S/C13H16FNOS/c1-2-8(7-15)13(16)12-5-9-3-4-10(14)6-11(9)17-12/h3-6,8,13,16H,2,7,15H2,1H3. The van der Waals surface area contributed by atoms with Crippen LogP contribution in [0.2, 0.25) is 0 Å². The van der Waals surface area contributed by atoms with E-state index in [1.165, 1.54) is 23.5 Å². The van der Waals surface area contributed by atoms with E-state index in [9.17, 15) is 9.50 Å². The van der Waals surface area contributed by atoms with Crippen LogP contribution >= 0.6 is 11.3 Å². The largest absolute Gasteiger partial charge is 0.387 e. The van der Waals surface area contributed by atoms with Crippen molar-refractivity contribution < 1.29 is 9.50 Å². The fourth-order valence-corrected chi connectivity index (χ4v) is 3.09. The van der Waals surface area contributed by atoms with Crippen LogP contribution in [0.4, 0.5) is 4.39 Å². The number of hydrogen-bond acceptors (Lipinski definition) is 3. The van der Waals surface area contributed by atoms with Crippen LogP contribution in [0.25, 0.3) is 10.1 Å². The summed E-state index contributed by atoms with van der Waals surface area (Å²) in [7, 11) is 0. The number of aliphatic hydroxyl groups is 1. The van der Waals surface area contributed by atoms with Gasteiger partial charge in [0.1, 0.15) is 5.82 Å². The maximum Gasteiger partial charge on any atom is 0.124 e. The van der Waals surface area contributed by atoms with E-state index in [1.807, 2.05) is 13.0 Å². The van der Waals surface area contributed by atoms with E-state index >= 15 is 0 Å². The van der Waals surface area contributed by atoms with E-state index in [4.69, 9.17) is 5.73 Å². The SMILES string of the molecule is CCC(CN)C(O)c1cc2ccc(F)cc2s1. The van der Waals surface area contributed by atoms with Gasteiger partial charge in [-0.2, -0.15) is 0 Å². The fraction of sp³-hybridized carbons (Fsp3) is 0.385. The van der Waals surface area contributed by atoms with Crippen molar-refractivity contribution in [3.8, 4) is 0 Å². The van der Waals surface area contributed by atoms with Crippen LogP contribution < -0.4 is 5.73 Å². The molecule has 2 nitrogen and oxygen atoms in total. The Labute approximate surface area is 104 Å². The molecule has 2 unspecified atom stereocenters. The summed E-state index contributed by atoms with van der Waals surface area (Å²) in [5.41, 5.74) is 5.62. The Bertz CT molecular complexity index is 507. The summed E-state index contributed by atoms with van der Waals surface area (Å²) in [5, 5.41) is 11.2. The Morgan fingerprint density at radius 3 is 2.82 bits per heavy atom. The van der Waals surface area contributed by atoms with Gasteiger partial charge in [-0.05, 0) is 36.6 Å². The molecule has 0 saturated heterocycles. The molecular weight excluding hydrogens is 237 g/mol. The Morgan fingerprint density at radius 2 is 2.18 bits per heavy atom. The van der Waals surface area contributed by atoms with Crippen molar-refractivity contribution in [3.63, 3.8) is 0 Å². The molecule has 0 radical (unpaired) electrons. The quantitative estimate of drug-likeness (QED) is 0.879. The second-order valence-corrected chi connectivity index (χ2v) is 5.30. The lowest BCUT2D eigenvalue weighted by atomic mass is 9.98. The first kappa shape index (κ1) is 12.5. The summed E-state index contributed by atoms with van der Waals surface area (Å²) >= 11 is 1.43. The van der Waals surface area contributed by atoms with Gasteiger partial charge in [-0.3, -0.25) is 0 Å². The summed E-state index contributed by atoms with van der Waals surface area (Å²) in [5.74, 6) is -0.181. The van der Waals surface area contributed by atoms with E-state index in [0.29, 0.717) is 6.54 Å². The molecular formula is C13H16FNOS. The lowest BCUT2D eigenvalue weighted by Crippen LogP contribution is -2.20. The van der Waals surface area contributed by atoms with E-state index in [0.717, 1.165) is 21.4 Å². The number of thiophene rings is 1. The average molecular weight is 253 g/mol. The minimum absolute atomic E-state index is 0.0629. The first-order valence-electron chi connectivity index (χ1n) is 5.72. The predicted octanol–water partition coefficient (Wildman–Crippen LogP) is 3.06. The van der Waals surface area contributed by atoms with Crippen LogP contribution in [0.5, 0.6) is 0 Å². The highest BCUT2D eigenvalue weighted by Crippen LogP contribution is 2.34. The zero-order chi connectivity index (χ0) is 12.4. The second-order valence-electron chi connectivity index (χ2n) is 4.18. The summed E-state index contributed by atoms with van der Waals surface area (Å²) < 4.78 is 13.9. The van der Waals surface area contributed by atoms with Gasteiger partial charge in [0.2, 0.25) is 0 Å². The molecule has 0 aliphatic rings. The normalized spacial score (nSPS) is 15.1. The van der Waals surface area contributed by atoms with Gasteiger partial charge in [0.05, 0.1) is 6.10 Å². The zero-order valence-corrected chi connectivity index (χ0v) is 10.5. The number of rotatable bonds is 4. The van der Waals surface area contributed by atoms with Crippen molar-refractivity contribution in [2.75, 3.05) is 6.54 Å². The maximum atomic E-state index is 13.1. The van der Waals surface area contributed by atoms with Gasteiger partial charge in [-0.1, -0.05) is 13.0 Å². The summed E-state index contributed by atoms with van der Waals surface area (Å²) in [4.78, 5) is 0.864. The molecule has 17 heavy (non-hydrogen) atoms. The molecule has 1 aromatic carbocycles. The molecule has 0 fully saturated rings. The lowest BCUT2D eigenvalue weighted by molar-refractivity contribution is 0.113. The van der Waals surface area contributed by atoms with Crippen molar-refractivity contribution in [2.24, 2.45) is 11.7 Å². The Hall–Kier alpha value is -0.970. The monoisotopic (exact) mass is 253 g/mol. The number of aliphatic hydroxyl groups excluding tert-OH is 1. The highest BCUT2D eigenvalue weighted by Gasteiger charge is 2.20. The van der Waals surface area contributed by atoms with Crippen LogP contribution in [-0.4, -0.2) is 11.7 Å². The number of halogens is 1. The van der Waals surface area contributed by atoms with Crippen molar-refractivity contribution in [3.05, 3.63) is 35.0 Å². The first-order chi connectivity index (χ1) is 8.15. The minimum atomic E-state index is -0.550. The van der Waals surface area contributed by atoms with Crippen molar-refractivity contribution >= 4 is 21.4 Å². The first-order valence-corrected chi connectivity index (χ1v) is 6.54. The van der Waals surface area contributed by atoms with Crippen LogP contribution in [0.3, 0.4) is 0 Å². The molecule has 0 aliphatic carbocycles. The van der Waals surface area contributed by atoms with Crippen molar-refractivity contribution in [2.45, 2.75) is 19.4 Å². The van der Waals surface area contributed by atoms with Gasteiger partial charge in [0.25, 0.3) is 0 Å². The van der Waals surface area contributed by atoms with Crippen molar-refractivity contribution in [1.82, 2.24) is 0 Å². The summed E-state index contributed by atoms with van der Waals surface area (Å²) in [6, 6.07) is 6.59. The maximum absolute atomic E-state index is 13.1. The second kappa shape index (κ2) is 5.12. The van der Waals surface area contributed by atoms with E-state index in [1.54, 1.807) is 6.07 Å². The summed E-state index contributed by atoms with van der Waals surface area (Å²) in [6.45, 7) is 2.47. The molecule has 2 atom stereocenters. The lowest BCUT2D eigenvalue weighted by Gasteiger charge is -2.18. The van der Waals surface area contributed by atoms with Gasteiger partial charge in [0.15, 0.2) is 0 Å². The van der Waals surface area contributed by atoms with Gasteiger partial charge in [0, 0.05) is 15.5 Å². The molecule has 2 rings (SSSR count). The fourth-order valence-electron chi connectivity index (χ4n) is 1.92. The third kappa shape index (κ3) is 2.49. The third-order valence-corrected chi connectivity index (χ3v) is 4.23. The average Bonchev–Trinajstić information content (AvgIpc) is 2.73. The molecule has 0 spiro atoms. The topological polar surface area (TPSA) is 46.2 Å². The molecule has 1 heterocycles. The zero-order valence-electron chi connectivity index (χ0n) is 9.69. The Kier molecular flexibility index (Phi) is 3.76. The minimum Gasteiger partial charge on any atom is -0.387 e. The van der Waals surface area contributed by atoms with E-state index in [-0.39, 0.29) is 11.7 Å². The molecule has 4 heteroatoms. The van der Waals surface area contributed by atoms with Crippen LogP contribution in [0.1, 0.15) is 24.3 Å². The highest BCUT2D eigenvalue weighted by atomic mass is 32.1. The number of hydrogen-bond donors (Lipinski definition) is 2. The molecule has 92 valence electrons. The van der Waals surface area contributed by atoms with E-state index in [2.05, 4.69) is 0 Å². The van der Waals surface area contributed by atoms with Crippen molar-refractivity contribution in [1.29, 1.82) is 0 Å². The van der Waals surface area contributed by atoms with Gasteiger partial charge in [-0.25, -0.2) is 4.39 Å². The predicted molar refractivity (Wildman–Crippen MR) is 69.6 cm³/mol. The van der Waals surface area contributed by atoms with Crippen LogP contribution in [0, 0.1) is 11.7 Å². The molecule has 0 bridgehead atoms. The van der Waals surface area contributed by atoms with Crippen LogP contribution in [-0.2, 0) is 0 Å². The molecule has 0 amide bonds. The van der Waals surface area contributed by atoms with E-state index < -0.39 is 6.10 Å². The molecule has 1 aromatic heterocycles. The number of benzene rings is 1. The molecule has 2 aromatic rings. The van der Waals surface area contributed by atoms with Crippen LogP contribution in [0.15, 0.2) is 24.3 Å². The Balaban J connectivity index is 2.35. The highest BCUT2D eigenvalue weighted by molar-refractivity contribution is 7.19. The summed E-state index contributed by atoms with van der Waals surface area (Å²) in [6.07, 6.45) is 0.283. The number of fused-ring (bicyclic) bond motifs is 1. The van der Waals surface area contributed by atoms with Gasteiger partial charge < -0.3 is 10.8 Å². The smallest absolute Gasteiger partial charge is 0.124 e. The number of nitrogens with two attached hydrogens (primary N) is 1. The molecule has 3 N–H and O–H groups in total. The Morgan fingerprint density at radius 1 is 1.41 bits per heavy atom. The third-order valence-electron chi connectivity index (χ3n) is 3.07. The van der Waals surface area contributed by atoms with Gasteiger partial charge in [-0.15, -0.1) is 11.3 Å². The molecule has 0 saturated carbocycles. The van der Waals surface area contributed by atoms with Gasteiger partial charge >= 0.3 is 0 Å². The molecule has 0 aliphatic heterocycles.